The molecule has 124 valence electrons. The van der Waals surface area contributed by atoms with Gasteiger partial charge in [-0.2, -0.15) is 8.42 Å². The van der Waals surface area contributed by atoms with Gasteiger partial charge in [-0.15, -0.1) is 4.40 Å². The maximum atomic E-state index is 12.6. The lowest BCUT2D eigenvalue weighted by molar-refractivity contribution is -0.127. The molecule has 1 aliphatic heterocycles. The third kappa shape index (κ3) is 3.44. The molecular weight excluding hydrogens is 314 g/mol. The molecule has 1 heterocycles. The van der Waals surface area contributed by atoms with Gasteiger partial charge in [0.1, 0.15) is 5.70 Å². The highest BCUT2D eigenvalue weighted by Crippen LogP contribution is 2.21. The van der Waals surface area contributed by atoms with Crippen molar-refractivity contribution < 1.29 is 13.2 Å². The van der Waals surface area contributed by atoms with Crippen LogP contribution in [0.1, 0.15) is 25.0 Å². The van der Waals surface area contributed by atoms with Crippen LogP contribution in [0.4, 0.5) is 0 Å². The maximum Gasteiger partial charge on any atom is 0.345 e. The molecule has 7 heteroatoms. The summed E-state index contributed by atoms with van der Waals surface area (Å²) in [6.07, 6.45) is 1.53. The summed E-state index contributed by atoms with van der Waals surface area (Å²) >= 11 is 0. The predicted molar refractivity (Wildman–Crippen MR) is 90.4 cm³/mol. The summed E-state index contributed by atoms with van der Waals surface area (Å²) in [4.78, 5) is 14.2. The zero-order valence-corrected chi connectivity index (χ0v) is 14.6. The van der Waals surface area contributed by atoms with Gasteiger partial charge >= 0.3 is 10.2 Å². The Bertz CT molecular complexity index is 760. The van der Waals surface area contributed by atoms with E-state index in [0.717, 1.165) is 9.87 Å². The van der Waals surface area contributed by atoms with Gasteiger partial charge in [0, 0.05) is 25.7 Å². The summed E-state index contributed by atoms with van der Waals surface area (Å²) in [6.45, 7) is 6.68. The van der Waals surface area contributed by atoms with E-state index in [-0.39, 0.29) is 17.3 Å². The van der Waals surface area contributed by atoms with Crippen molar-refractivity contribution in [1.82, 2.24) is 9.21 Å². The molecule has 1 aromatic rings. The minimum Gasteiger partial charge on any atom is -0.338 e. The smallest absolute Gasteiger partial charge is 0.338 e. The highest BCUT2D eigenvalue weighted by molar-refractivity contribution is 7.88. The largest absolute Gasteiger partial charge is 0.345 e. The van der Waals surface area contributed by atoms with E-state index in [1.165, 1.54) is 13.1 Å². The number of hydrogen-bond donors (Lipinski definition) is 0. The summed E-state index contributed by atoms with van der Waals surface area (Å²) in [6, 6.07) is 7.35. The average molecular weight is 335 g/mol. The second-order valence-corrected chi connectivity index (χ2v) is 6.92. The summed E-state index contributed by atoms with van der Waals surface area (Å²) in [7, 11) is -2.56. The van der Waals surface area contributed by atoms with Crippen molar-refractivity contribution in [2.45, 2.75) is 20.8 Å². The van der Waals surface area contributed by atoms with Crippen molar-refractivity contribution in [3.63, 3.8) is 0 Å². The van der Waals surface area contributed by atoms with Gasteiger partial charge in [-0.3, -0.25) is 4.79 Å². The first kappa shape index (κ1) is 17.2. The molecule has 1 amide bonds. The average Bonchev–Trinajstić information content (AvgIpc) is 2.51. The van der Waals surface area contributed by atoms with Crippen LogP contribution >= 0.6 is 0 Å². The Kier molecular flexibility index (Phi) is 4.89. The third-order valence-electron chi connectivity index (χ3n) is 3.79. The first-order valence-corrected chi connectivity index (χ1v) is 8.86. The van der Waals surface area contributed by atoms with Gasteiger partial charge in [0.2, 0.25) is 0 Å². The first-order chi connectivity index (χ1) is 10.8. The number of hydrogen-bond acceptors (Lipinski definition) is 3. The quantitative estimate of drug-likeness (QED) is 0.841. The number of allylic oxidation sites excluding steroid dienone is 1. The summed E-state index contributed by atoms with van der Waals surface area (Å²) < 4.78 is 29.3. The Balaban J connectivity index is 2.51. The predicted octanol–water partition coefficient (Wildman–Crippen LogP) is 1.73. The highest BCUT2D eigenvalue weighted by atomic mass is 32.2. The lowest BCUT2D eigenvalue weighted by Gasteiger charge is -2.27. The second-order valence-electron chi connectivity index (χ2n) is 5.29. The molecule has 0 atom stereocenters. The van der Waals surface area contributed by atoms with Gasteiger partial charge in [0.15, 0.2) is 0 Å². The molecule has 0 unspecified atom stereocenters. The third-order valence-corrected chi connectivity index (χ3v) is 5.11. The van der Waals surface area contributed by atoms with Crippen molar-refractivity contribution in [2.24, 2.45) is 4.40 Å². The van der Waals surface area contributed by atoms with Crippen LogP contribution in [0.15, 0.2) is 40.4 Å². The molecule has 0 saturated carbocycles. The second kappa shape index (κ2) is 6.54. The first-order valence-electron chi connectivity index (χ1n) is 7.47. The molecule has 6 nitrogen and oxygen atoms in total. The van der Waals surface area contributed by atoms with Gasteiger partial charge in [0.25, 0.3) is 5.91 Å². The molecule has 0 aliphatic carbocycles. The monoisotopic (exact) mass is 335 g/mol. The number of carbonyl (C=O) groups excluding carboxylic acids is 1. The summed E-state index contributed by atoms with van der Waals surface area (Å²) in [5.74, 6) is -0.319. The van der Waals surface area contributed by atoms with E-state index in [2.05, 4.69) is 4.40 Å². The Hall–Kier alpha value is -2.15. The van der Waals surface area contributed by atoms with Crippen LogP contribution < -0.4 is 0 Å². The molecular formula is C16H21N3O3S. The van der Waals surface area contributed by atoms with Crippen LogP contribution in [0, 0.1) is 6.92 Å². The molecule has 0 radical (unpaired) electrons. The van der Waals surface area contributed by atoms with Crippen molar-refractivity contribution in [1.29, 1.82) is 0 Å². The van der Waals surface area contributed by atoms with Crippen molar-refractivity contribution in [2.75, 3.05) is 20.1 Å². The SMILES string of the molecule is CCN(CC)C(=O)C1=CC(c2ccc(C)cc2)=NS(=O)(=O)N1C. The van der Waals surface area contributed by atoms with Gasteiger partial charge in [-0.1, -0.05) is 29.8 Å². The topological polar surface area (TPSA) is 70.0 Å². The molecule has 0 saturated heterocycles. The molecule has 0 bridgehead atoms. The summed E-state index contributed by atoms with van der Waals surface area (Å²) in [5, 5.41) is 0. The lowest BCUT2D eigenvalue weighted by atomic mass is 10.1. The summed E-state index contributed by atoms with van der Waals surface area (Å²) in [5.41, 5.74) is 2.11. The van der Waals surface area contributed by atoms with Crippen LogP contribution in [0.2, 0.25) is 0 Å². The van der Waals surface area contributed by atoms with Crippen LogP contribution in [-0.2, 0) is 15.0 Å². The number of carbonyl (C=O) groups is 1. The van der Waals surface area contributed by atoms with E-state index in [0.29, 0.717) is 18.7 Å². The van der Waals surface area contributed by atoms with E-state index in [1.807, 2.05) is 32.9 Å². The fraction of sp³-hybridized carbons (Fsp3) is 0.375. The molecule has 2 rings (SSSR count). The Labute approximate surface area is 137 Å². The van der Waals surface area contributed by atoms with Crippen LogP contribution in [-0.4, -0.2) is 49.4 Å². The number of rotatable bonds is 4. The zero-order valence-electron chi connectivity index (χ0n) is 13.8. The molecule has 23 heavy (non-hydrogen) atoms. The molecule has 0 fully saturated rings. The minimum absolute atomic E-state index is 0.110. The standard InChI is InChI=1S/C16H21N3O3S/c1-5-19(6-2)16(20)15-11-14(17-23(21,22)18(15)4)13-9-7-12(3)8-10-13/h7-11H,5-6H2,1-4H3. The maximum absolute atomic E-state index is 12.6. The normalized spacial score (nSPS) is 16.6. The number of likely N-dealkylation sites (N-methyl/N-ethyl adjacent to an activating group) is 2. The Morgan fingerprint density at radius 1 is 1.17 bits per heavy atom. The minimum atomic E-state index is -3.91. The highest BCUT2D eigenvalue weighted by Gasteiger charge is 2.31. The number of amides is 1. The van der Waals surface area contributed by atoms with Crippen molar-refractivity contribution in [3.05, 3.63) is 47.2 Å². The van der Waals surface area contributed by atoms with E-state index >= 15 is 0 Å². The number of benzene rings is 1. The number of aryl methyl sites for hydroxylation is 1. The van der Waals surface area contributed by atoms with Crippen molar-refractivity contribution in [3.8, 4) is 0 Å². The van der Waals surface area contributed by atoms with Crippen LogP contribution in [0.3, 0.4) is 0 Å². The fourth-order valence-electron chi connectivity index (χ4n) is 2.29. The Morgan fingerprint density at radius 3 is 2.26 bits per heavy atom. The molecule has 0 spiro atoms. The van der Waals surface area contributed by atoms with Crippen molar-refractivity contribution >= 4 is 21.8 Å². The van der Waals surface area contributed by atoms with Gasteiger partial charge in [-0.05, 0) is 26.8 Å². The fourth-order valence-corrected chi connectivity index (χ4v) is 3.19. The Morgan fingerprint density at radius 2 is 1.74 bits per heavy atom. The van der Waals surface area contributed by atoms with Crippen LogP contribution in [0.25, 0.3) is 0 Å². The molecule has 1 aliphatic rings. The molecule has 1 aromatic carbocycles. The van der Waals surface area contributed by atoms with Gasteiger partial charge < -0.3 is 4.90 Å². The number of nitrogens with zero attached hydrogens (tertiary/aromatic N) is 3. The van der Waals surface area contributed by atoms with Crippen LogP contribution in [0.5, 0.6) is 0 Å². The van der Waals surface area contributed by atoms with E-state index < -0.39 is 10.2 Å². The lowest BCUT2D eigenvalue weighted by Crippen LogP contribution is -2.40. The zero-order chi connectivity index (χ0) is 17.2. The van der Waals surface area contributed by atoms with E-state index in [9.17, 15) is 13.2 Å². The molecule has 0 aromatic heterocycles. The van der Waals surface area contributed by atoms with E-state index in [4.69, 9.17) is 0 Å². The van der Waals surface area contributed by atoms with Gasteiger partial charge in [0.05, 0.1) is 5.71 Å². The van der Waals surface area contributed by atoms with Gasteiger partial charge in [-0.25, -0.2) is 4.31 Å². The molecule has 0 N–H and O–H groups in total. The van der Waals surface area contributed by atoms with E-state index in [1.54, 1.807) is 17.0 Å².